The van der Waals surface area contributed by atoms with E-state index < -0.39 is 15.8 Å². The van der Waals surface area contributed by atoms with Crippen molar-refractivity contribution < 1.29 is 18.3 Å². The lowest BCUT2D eigenvalue weighted by Crippen LogP contribution is -2.13. The molecule has 1 aromatic rings. The molecule has 1 aliphatic heterocycles. The van der Waals surface area contributed by atoms with Crippen LogP contribution in [0.4, 0.5) is 0 Å². The summed E-state index contributed by atoms with van der Waals surface area (Å²) in [5.74, 6) is -0.853. The van der Waals surface area contributed by atoms with E-state index in [4.69, 9.17) is 11.6 Å². The molecule has 6 nitrogen and oxygen atoms in total. The highest BCUT2D eigenvalue weighted by Crippen LogP contribution is 2.43. The van der Waals surface area contributed by atoms with Crippen LogP contribution in [0.3, 0.4) is 0 Å². The molecule has 1 aliphatic carbocycles. The van der Waals surface area contributed by atoms with Gasteiger partial charge in [-0.3, -0.25) is 0 Å². The zero-order valence-corrected chi connectivity index (χ0v) is 11.6. The summed E-state index contributed by atoms with van der Waals surface area (Å²) in [6.45, 7) is 0. The molecule has 2 heterocycles. The smallest absolute Gasteiger partial charge is 0.340 e. The van der Waals surface area contributed by atoms with E-state index in [-0.39, 0.29) is 34.2 Å². The van der Waals surface area contributed by atoms with Crippen molar-refractivity contribution in [2.45, 2.75) is 31.2 Å². The molecule has 0 radical (unpaired) electrons. The molecule has 1 saturated heterocycles. The second kappa shape index (κ2) is 4.21. The third kappa shape index (κ3) is 2.25. The number of aromatic carboxylic acids is 1. The maximum Gasteiger partial charge on any atom is 0.340 e. The van der Waals surface area contributed by atoms with Crippen LogP contribution in [0, 0.1) is 0 Å². The Morgan fingerprint density at radius 2 is 2.05 bits per heavy atom. The van der Waals surface area contributed by atoms with E-state index in [1.807, 2.05) is 0 Å². The Balaban J connectivity index is 2.03. The summed E-state index contributed by atoms with van der Waals surface area (Å²) in [6.07, 6.45) is 2.26. The standard InChI is InChI=1S/C11H13ClN2O4S/c12-10-8(11(15)16)9(6-1-2-6)13-14(10)7-3-4-19(17,18)5-7/h6-7H,1-5H2,(H,15,16). The summed E-state index contributed by atoms with van der Waals surface area (Å²) in [4.78, 5) is 11.3. The van der Waals surface area contributed by atoms with E-state index >= 15 is 0 Å². The van der Waals surface area contributed by atoms with Gasteiger partial charge < -0.3 is 5.11 Å². The van der Waals surface area contributed by atoms with Gasteiger partial charge in [-0.1, -0.05) is 11.6 Å². The summed E-state index contributed by atoms with van der Waals surface area (Å²) >= 11 is 6.09. The minimum Gasteiger partial charge on any atom is -0.478 e. The third-order valence-corrected chi connectivity index (χ3v) is 5.72. The lowest BCUT2D eigenvalue weighted by molar-refractivity contribution is 0.0695. The van der Waals surface area contributed by atoms with E-state index in [0.29, 0.717) is 12.1 Å². The molecule has 1 N–H and O–H groups in total. The van der Waals surface area contributed by atoms with Crippen molar-refractivity contribution in [1.82, 2.24) is 9.78 Å². The molecule has 1 unspecified atom stereocenters. The van der Waals surface area contributed by atoms with Crippen LogP contribution >= 0.6 is 11.6 Å². The van der Waals surface area contributed by atoms with Crippen LogP contribution < -0.4 is 0 Å². The van der Waals surface area contributed by atoms with Crippen molar-refractivity contribution in [2.24, 2.45) is 0 Å². The minimum absolute atomic E-state index is 0.0163. The summed E-state index contributed by atoms with van der Waals surface area (Å²) in [5.41, 5.74) is 0.537. The number of aromatic nitrogens is 2. The van der Waals surface area contributed by atoms with Gasteiger partial charge in [0.05, 0.1) is 23.2 Å². The first-order valence-electron chi connectivity index (χ1n) is 6.10. The fourth-order valence-electron chi connectivity index (χ4n) is 2.48. The third-order valence-electron chi connectivity index (χ3n) is 3.61. The Bertz CT molecular complexity index is 648. The monoisotopic (exact) mass is 304 g/mol. The number of hydrogen-bond acceptors (Lipinski definition) is 4. The lowest BCUT2D eigenvalue weighted by Gasteiger charge is -2.09. The molecule has 0 aromatic carbocycles. The van der Waals surface area contributed by atoms with Gasteiger partial charge in [0.25, 0.3) is 0 Å². The maximum atomic E-state index is 11.5. The average molecular weight is 305 g/mol. The second-order valence-corrected chi connectivity index (χ2v) is 7.72. The van der Waals surface area contributed by atoms with Crippen molar-refractivity contribution >= 4 is 27.4 Å². The predicted molar refractivity (Wildman–Crippen MR) is 68.5 cm³/mol. The highest BCUT2D eigenvalue weighted by molar-refractivity contribution is 7.91. The SMILES string of the molecule is O=C(O)c1c(C2CC2)nn(C2CCS(=O)(=O)C2)c1Cl. The van der Waals surface area contributed by atoms with Crippen LogP contribution in [-0.4, -0.2) is 40.8 Å². The normalized spacial score (nSPS) is 25.6. The number of rotatable bonds is 3. The summed E-state index contributed by atoms with van der Waals surface area (Å²) in [6, 6.07) is -0.344. The highest BCUT2D eigenvalue weighted by atomic mass is 35.5. The topological polar surface area (TPSA) is 89.3 Å². The molecule has 0 amide bonds. The second-order valence-electron chi connectivity index (χ2n) is 5.13. The van der Waals surface area contributed by atoms with Crippen molar-refractivity contribution in [1.29, 1.82) is 0 Å². The van der Waals surface area contributed by atoms with Gasteiger partial charge in [0, 0.05) is 5.92 Å². The predicted octanol–water partition coefficient (Wildman–Crippen LogP) is 1.47. The van der Waals surface area contributed by atoms with Crippen LogP contribution in [0.25, 0.3) is 0 Å². The Kier molecular flexibility index (Phi) is 2.86. The molecule has 19 heavy (non-hydrogen) atoms. The van der Waals surface area contributed by atoms with Crippen LogP contribution in [0.2, 0.25) is 5.15 Å². The number of carbonyl (C=O) groups is 1. The fraction of sp³-hybridized carbons (Fsp3) is 0.636. The van der Waals surface area contributed by atoms with E-state index in [0.717, 1.165) is 12.8 Å². The first-order chi connectivity index (χ1) is 8.89. The number of nitrogens with zero attached hydrogens (tertiary/aromatic N) is 2. The highest BCUT2D eigenvalue weighted by Gasteiger charge is 2.37. The molecule has 0 bridgehead atoms. The number of hydrogen-bond donors (Lipinski definition) is 1. The quantitative estimate of drug-likeness (QED) is 0.913. The van der Waals surface area contributed by atoms with Gasteiger partial charge in [-0.05, 0) is 19.3 Å². The first kappa shape index (κ1) is 12.9. The first-order valence-corrected chi connectivity index (χ1v) is 8.30. The van der Waals surface area contributed by atoms with Gasteiger partial charge in [-0.15, -0.1) is 0 Å². The van der Waals surface area contributed by atoms with Gasteiger partial charge in [-0.2, -0.15) is 5.10 Å². The molecule has 2 aliphatic rings. The van der Waals surface area contributed by atoms with Gasteiger partial charge in [0.15, 0.2) is 9.84 Å². The zero-order chi connectivity index (χ0) is 13.8. The minimum atomic E-state index is -3.06. The maximum absolute atomic E-state index is 11.5. The molecular formula is C11H13ClN2O4S. The fourth-order valence-corrected chi connectivity index (χ4v) is 4.53. The number of halogens is 1. The average Bonchev–Trinajstić information content (AvgIpc) is 3.00. The molecule has 0 spiro atoms. The molecular weight excluding hydrogens is 292 g/mol. The van der Waals surface area contributed by atoms with Crippen molar-refractivity contribution in [3.8, 4) is 0 Å². The van der Waals surface area contributed by atoms with E-state index in [9.17, 15) is 18.3 Å². The number of carboxylic acid groups (broad SMARTS) is 1. The van der Waals surface area contributed by atoms with Crippen molar-refractivity contribution in [3.05, 3.63) is 16.4 Å². The molecule has 104 valence electrons. The molecule has 2 fully saturated rings. The number of sulfone groups is 1. The molecule has 1 saturated carbocycles. The van der Waals surface area contributed by atoms with Gasteiger partial charge in [0.1, 0.15) is 10.7 Å². The van der Waals surface area contributed by atoms with Crippen molar-refractivity contribution in [2.75, 3.05) is 11.5 Å². The van der Waals surface area contributed by atoms with Gasteiger partial charge in [-0.25, -0.2) is 17.9 Å². The van der Waals surface area contributed by atoms with Gasteiger partial charge >= 0.3 is 5.97 Å². The molecule has 3 rings (SSSR count). The Morgan fingerprint density at radius 1 is 1.37 bits per heavy atom. The van der Waals surface area contributed by atoms with Crippen molar-refractivity contribution in [3.63, 3.8) is 0 Å². The Labute approximate surface area is 115 Å². The molecule has 8 heteroatoms. The number of carboxylic acids is 1. The van der Waals surface area contributed by atoms with Gasteiger partial charge in [0.2, 0.25) is 0 Å². The Hall–Kier alpha value is -1.08. The van der Waals surface area contributed by atoms with Crippen LogP contribution in [-0.2, 0) is 9.84 Å². The van der Waals surface area contributed by atoms with Crippen LogP contribution in [0.1, 0.15) is 47.3 Å². The lowest BCUT2D eigenvalue weighted by atomic mass is 10.2. The zero-order valence-electron chi connectivity index (χ0n) is 10.0. The van der Waals surface area contributed by atoms with E-state index in [2.05, 4.69) is 5.10 Å². The summed E-state index contributed by atoms with van der Waals surface area (Å²) in [5, 5.41) is 13.6. The molecule has 1 atom stereocenters. The summed E-state index contributed by atoms with van der Waals surface area (Å²) in [7, 11) is -3.06. The largest absolute Gasteiger partial charge is 0.478 e. The van der Waals surface area contributed by atoms with E-state index in [1.165, 1.54) is 4.68 Å². The Morgan fingerprint density at radius 3 is 2.53 bits per heavy atom. The van der Waals surface area contributed by atoms with Crippen LogP contribution in [0.15, 0.2) is 0 Å². The van der Waals surface area contributed by atoms with E-state index in [1.54, 1.807) is 0 Å². The summed E-state index contributed by atoms with van der Waals surface area (Å²) < 4.78 is 24.4. The van der Waals surface area contributed by atoms with Crippen LogP contribution in [0.5, 0.6) is 0 Å². The molecule has 1 aromatic heterocycles.